The van der Waals surface area contributed by atoms with Gasteiger partial charge in [-0.05, 0) is 32.9 Å². The Kier molecular flexibility index (Phi) is 3.59. The highest BCUT2D eigenvalue weighted by Crippen LogP contribution is 2.25. The molecular weight excluding hydrogens is 288 g/mol. The summed E-state index contributed by atoms with van der Waals surface area (Å²) in [4.78, 5) is 16.1. The minimum Gasteiger partial charge on any atom is -0.358 e. The fraction of sp³-hybridized carbons (Fsp3) is 0.167. The minimum absolute atomic E-state index is 0.102. The van der Waals surface area contributed by atoms with Gasteiger partial charge in [0, 0.05) is 27.9 Å². The fourth-order valence-electron chi connectivity index (χ4n) is 2.77. The molecule has 0 amide bonds. The minimum atomic E-state index is -0.276. The van der Waals surface area contributed by atoms with Gasteiger partial charge in [-0.2, -0.15) is 10.4 Å². The normalized spacial score (nSPS) is 11.7. The van der Waals surface area contributed by atoms with Gasteiger partial charge in [0.05, 0.1) is 11.3 Å². The third-order valence-electron chi connectivity index (χ3n) is 3.96. The smallest absolute Gasteiger partial charge is 0.205 e. The molecule has 5 heteroatoms. The second-order valence-corrected chi connectivity index (χ2v) is 5.52. The molecule has 0 aliphatic carbocycles. The summed E-state index contributed by atoms with van der Waals surface area (Å²) in [6.07, 6.45) is 1.61. The van der Waals surface area contributed by atoms with Crippen molar-refractivity contribution < 1.29 is 4.79 Å². The van der Waals surface area contributed by atoms with Crippen LogP contribution in [0.1, 0.15) is 33.0 Å². The summed E-state index contributed by atoms with van der Waals surface area (Å²) in [6, 6.07) is 9.62. The van der Waals surface area contributed by atoms with E-state index < -0.39 is 0 Å². The number of aromatic nitrogens is 3. The van der Waals surface area contributed by atoms with E-state index in [4.69, 9.17) is 0 Å². The number of hydrogen-bond donors (Lipinski definition) is 2. The van der Waals surface area contributed by atoms with Gasteiger partial charge in [0.25, 0.3) is 0 Å². The molecule has 1 aromatic carbocycles. The first-order valence-corrected chi connectivity index (χ1v) is 7.28. The highest BCUT2D eigenvalue weighted by molar-refractivity contribution is 6.20. The fourth-order valence-corrected chi connectivity index (χ4v) is 2.77. The van der Waals surface area contributed by atoms with Crippen molar-refractivity contribution in [2.75, 3.05) is 0 Å². The van der Waals surface area contributed by atoms with E-state index in [0.717, 1.165) is 33.5 Å². The van der Waals surface area contributed by atoms with Crippen LogP contribution in [0.5, 0.6) is 0 Å². The van der Waals surface area contributed by atoms with Crippen molar-refractivity contribution in [3.8, 4) is 6.07 Å². The Morgan fingerprint density at radius 2 is 1.96 bits per heavy atom. The molecule has 5 nitrogen and oxygen atoms in total. The molecule has 0 fully saturated rings. The zero-order valence-corrected chi connectivity index (χ0v) is 13.2. The van der Waals surface area contributed by atoms with Gasteiger partial charge in [0.1, 0.15) is 11.6 Å². The third-order valence-corrected chi connectivity index (χ3v) is 3.96. The number of Topliss-reactive ketones (excluding diaryl/α,β-unsaturated/α-hetero) is 1. The first-order chi connectivity index (χ1) is 11.0. The van der Waals surface area contributed by atoms with Gasteiger partial charge in [-0.3, -0.25) is 9.89 Å². The lowest BCUT2D eigenvalue weighted by Gasteiger charge is -2.01. The van der Waals surface area contributed by atoms with Crippen LogP contribution in [-0.4, -0.2) is 21.0 Å². The molecule has 0 atom stereocenters. The van der Waals surface area contributed by atoms with Gasteiger partial charge >= 0.3 is 0 Å². The topological polar surface area (TPSA) is 85.3 Å². The predicted octanol–water partition coefficient (Wildman–Crippen LogP) is 3.61. The third kappa shape index (κ3) is 2.44. The van der Waals surface area contributed by atoms with Crippen LogP contribution in [0.3, 0.4) is 0 Å². The number of aromatic amines is 2. The standard InChI is InChI=1S/C18H16N4O/c1-10-15(11(2)22-21-10)8-13(9-19)18(23)17-12(3)20-16-7-5-4-6-14(16)17/h4-8,20H,1-3H3,(H,21,22)/b13-8+. The number of aryl methyl sites for hydroxylation is 3. The van der Waals surface area contributed by atoms with Crippen LogP contribution in [0.4, 0.5) is 0 Å². The highest BCUT2D eigenvalue weighted by atomic mass is 16.1. The van der Waals surface area contributed by atoms with E-state index >= 15 is 0 Å². The average molecular weight is 304 g/mol. The number of ketones is 1. The highest BCUT2D eigenvalue weighted by Gasteiger charge is 2.20. The number of para-hydroxylation sites is 1. The van der Waals surface area contributed by atoms with E-state index in [2.05, 4.69) is 15.2 Å². The summed E-state index contributed by atoms with van der Waals surface area (Å²) in [5.74, 6) is -0.276. The largest absolute Gasteiger partial charge is 0.358 e. The van der Waals surface area contributed by atoms with Crippen LogP contribution in [0.25, 0.3) is 17.0 Å². The first-order valence-electron chi connectivity index (χ1n) is 7.28. The van der Waals surface area contributed by atoms with Crippen molar-refractivity contribution in [3.63, 3.8) is 0 Å². The molecule has 0 aliphatic rings. The number of nitrogens with one attached hydrogen (secondary N) is 2. The predicted molar refractivity (Wildman–Crippen MR) is 89.0 cm³/mol. The molecule has 2 aromatic heterocycles. The molecule has 0 aliphatic heterocycles. The maximum atomic E-state index is 12.9. The van der Waals surface area contributed by atoms with Crippen molar-refractivity contribution in [1.29, 1.82) is 5.26 Å². The van der Waals surface area contributed by atoms with Crippen molar-refractivity contribution in [3.05, 3.63) is 58.0 Å². The van der Waals surface area contributed by atoms with Crippen molar-refractivity contribution in [2.45, 2.75) is 20.8 Å². The molecule has 0 unspecified atom stereocenters. The molecule has 0 saturated carbocycles. The number of H-pyrrole nitrogens is 2. The number of hydrogen-bond acceptors (Lipinski definition) is 3. The lowest BCUT2D eigenvalue weighted by atomic mass is 9.99. The molecule has 3 rings (SSSR count). The Labute approximate surface area is 133 Å². The summed E-state index contributed by atoms with van der Waals surface area (Å²) in [6.45, 7) is 5.55. The second kappa shape index (κ2) is 5.58. The monoisotopic (exact) mass is 304 g/mol. The molecule has 114 valence electrons. The first kappa shape index (κ1) is 14.8. The Hall–Kier alpha value is -3.13. The van der Waals surface area contributed by atoms with Gasteiger partial charge < -0.3 is 4.98 Å². The molecule has 23 heavy (non-hydrogen) atoms. The number of benzene rings is 1. The van der Waals surface area contributed by atoms with Crippen LogP contribution >= 0.6 is 0 Å². The van der Waals surface area contributed by atoms with Crippen LogP contribution in [0.2, 0.25) is 0 Å². The van der Waals surface area contributed by atoms with E-state index in [1.54, 1.807) is 6.08 Å². The zero-order valence-electron chi connectivity index (χ0n) is 13.2. The van der Waals surface area contributed by atoms with Crippen molar-refractivity contribution in [1.82, 2.24) is 15.2 Å². The van der Waals surface area contributed by atoms with Crippen LogP contribution in [0.15, 0.2) is 29.8 Å². The molecule has 2 N–H and O–H groups in total. The average Bonchev–Trinajstić information content (AvgIpc) is 3.03. The number of carbonyl (C=O) groups excluding carboxylic acids is 1. The molecule has 0 bridgehead atoms. The number of nitriles is 1. The summed E-state index contributed by atoms with van der Waals surface area (Å²) >= 11 is 0. The SMILES string of the molecule is Cc1n[nH]c(C)c1/C=C(\C#N)C(=O)c1c(C)[nH]c2ccccc12. The Morgan fingerprint density at radius 1 is 1.22 bits per heavy atom. The maximum Gasteiger partial charge on any atom is 0.205 e. The number of rotatable bonds is 3. The van der Waals surface area contributed by atoms with Crippen LogP contribution in [0, 0.1) is 32.1 Å². The lowest BCUT2D eigenvalue weighted by Crippen LogP contribution is -2.03. The van der Waals surface area contributed by atoms with E-state index in [1.165, 1.54) is 0 Å². The van der Waals surface area contributed by atoms with Gasteiger partial charge in [0.15, 0.2) is 0 Å². The van der Waals surface area contributed by atoms with E-state index in [0.29, 0.717) is 5.56 Å². The molecule has 3 aromatic rings. The Balaban J connectivity index is 2.14. The Morgan fingerprint density at radius 3 is 2.61 bits per heavy atom. The van der Waals surface area contributed by atoms with E-state index in [-0.39, 0.29) is 11.4 Å². The second-order valence-electron chi connectivity index (χ2n) is 5.52. The number of carbonyl (C=O) groups is 1. The van der Waals surface area contributed by atoms with Crippen LogP contribution in [-0.2, 0) is 0 Å². The number of fused-ring (bicyclic) bond motifs is 1. The van der Waals surface area contributed by atoms with Crippen molar-refractivity contribution in [2.24, 2.45) is 0 Å². The van der Waals surface area contributed by atoms with Crippen molar-refractivity contribution >= 4 is 22.8 Å². The van der Waals surface area contributed by atoms with E-state index in [1.807, 2.05) is 51.1 Å². The molecule has 0 saturated heterocycles. The molecule has 0 spiro atoms. The van der Waals surface area contributed by atoms with Gasteiger partial charge in [-0.1, -0.05) is 18.2 Å². The summed E-state index contributed by atoms with van der Waals surface area (Å²) in [5, 5.41) is 17.2. The maximum absolute atomic E-state index is 12.9. The molecular formula is C18H16N4O. The molecule has 0 radical (unpaired) electrons. The lowest BCUT2D eigenvalue weighted by molar-refractivity contribution is 0.104. The zero-order chi connectivity index (χ0) is 16.6. The molecule has 2 heterocycles. The van der Waals surface area contributed by atoms with Gasteiger partial charge in [-0.25, -0.2) is 0 Å². The number of nitrogens with zero attached hydrogens (tertiary/aromatic N) is 2. The van der Waals surface area contributed by atoms with Gasteiger partial charge in [0.2, 0.25) is 5.78 Å². The summed E-state index contributed by atoms with van der Waals surface area (Å²) in [5.41, 5.74) is 4.68. The van der Waals surface area contributed by atoms with E-state index in [9.17, 15) is 10.1 Å². The quantitative estimate of drug-likeness (QED) is 0.440. The summed E-state index contributed by atoms with van der Waals surface area (Å²) in [7, 11) is 0. The number of allylic oxidation sites excluding steroid dienone is 1. The van der Waals surface area contributed by atoms with Gasteiger partial charge in [-0.15, -0.1) is 0 Å². The summed E-state index contributed by atoms with van der Waals surface area (Å²) < 4.78 is 0. The Bertz CT molecular complexity index is 963. The van der Waals surface area contributed by atoms with Crippen LogP contribution < -0.4 is 0 Å².